The molecule has 0 amide bonds. The lowest BCUT2D eigenvalue weighted by molar-refractivity contribution is -0.384. The molecule has 0 fully saturated rings. The number of rotatable bonds is 7. The quantitative estimate of drug-likeness (QED) is 0.471. The van der Waals surface area contributed by atoms with Crippen LogP contribution in [0.4, 0.5) is 5.69 Å². The average molecular weight is 317 g/mol. The number of esters is 1. The van der Waals surface area contributed by atoms with Crippen molar-refractivity contribution in [2.24, 2.45) is 0 Å². The summed E-state index contributed by atoms with van der Waals surface area (Å²) in [6, 6.07) is 3.87. The summed E-state index contributed by atoms with van der Waals surface area (Å²) in [6.45, 7) is 4.01. The second-order valence-corrected chi connectivity index (χ2v) is 4.92. The van der Waals surface area contributed by atoms with Gasteiger partial charge in [-0.15, -0.1) is 0 Å². The summed E-state index contributed by atoms with van der Waals surface area (Å²) < 4.78 is 10.2. The zero-order valence-corrected chi connectivity index (χ0v) is 12.8. The smallest absolute Gasteiger partial charge is 0.329 e. The third-order valence-corrected chi connectivity index (χ3v) is 3.14. The van der Waals surface area contributed by atoms with Gasteiger partial charge >= 0.3 is 5.97 Å². The summed E-state index contributed by atoms with van der Waals surface area (Å²) >= 11 is 5.93. The molecule has 0 spiro atoms. The van der Waals surface area contributed by atoms with E-state index in [4.69, 9.17) is 21.1 Å². The minimum absolute atomic E-state index is 0.0228. The number of nitrogens with one attached hydrogen (secondary N) is 1. The van der Waals surface area contributed by atoms with Gasteiger partial charge in [0.2, 0.25) is 0 Å². The summed E-state index contributed by atoms with van der Waals surface area (Å²) in [6.07, 6.45) is 0. The molecule has 0 heterocycles. The fraction of sp³-hybridized carbons (Fsp3) is 0.462. The molecule has 1 aromatic rings. The van der Waals surface area contributed by atoms with Crippen LogP contribution in [0.25, 0.3) is 0 Å². The predicted octanol–water partition coefficient (Wildman–Crippen LogP) is 2.17. The number of benzene rings is 1. The summed E-state index contributed by atoms with van der Waals surface area (Å²) in [5.41, 5.74) is -1.16. The van der Waals surface area contributed by atoms with Crippen molar-refractivity contribution >= 4 is 23.3 Å². The van der Waals surface area contributed by atoms with Gasteiger partial charge in [0.15, 0.2) is 0 Å². The Morgan fingerprint density at radius 3 is 2.67 bits per heavy atom. The Morgan fingerprint density at radius 2 is 2.19 bits per heavy atom. The maximum Gasteiger partial charge on any atom is 0.329 e. The maximum atomic E-state index is 11.8. The number of hydrogen-bond donors (Lipinski definition) is 1. The molecule has 21 heavy (non-hydrogen) atoms. The van der Waals surface area contributed by atoms with Gasteiger partial charge < -0.3 is 9.47 Å². The molecule has 1 rings (SSSR count). The molecule has 0 aliphatic rings. The lowest BCUT2D eigenvalue weighted by Crippen LogP contribution is -2.54. The highest BCUT2D eigenvalue weighted by atomic mass is 35.5. The third kappa shape index (κ3) is 4.30. The Bertz CT molecular complexity index is 537. The van der Waals surface area contributed by atoms with E-state index in [0.29, 0.717) is 6.54 Å². The van der Waals surface area contributed by atoms with Crippen molar-refractivity contribution in [1.29, 1.82) is 0 Å². The van der Waals surface area contributed by atoms with Gasteiger partial charge in [-0.3, -0.25) is 15.4 Å². The molecule has 0 saturated heterocycles. The number of hydrogen-bond acceptors (Lipinski definition) is 6. The number of non-ortho nitro benzene ring substituents is 1. The van der Waals surface area contributed by atoms with Crippen LogP contribution in [-0.4, -0.2) is 36.7 Å². The van der Waals surface area contributed by atoms with Crippen LogP contribution in [0.5, 0.6) is 5.75 Å². The molecule has 0 radical (unpaired) electrons. The first-order valence-corrected chi connectivity index (χ1v) is 6.62. The lowest BCUT2D eigenvalue weighted by Gasteiger charge is -2.27. The number of carbonyl (C=O) groups is 1. The van der Waals surface area contributed by atoms with Gasteiger partial charge in [-0.25, -0.2) is 4.79 Å². The van der Waals surface area contributed by atoms with Crippen molar-refractivity contribution < 1.29 is 19.2 Å². The fourth-order valence-corrected chi connectivity index (χ4v) is 1.97. The first-order chi connectivity index (χ1) is 9.84. The number of carbonyl (C=O) groups excluding carboxylic acids is 1. The van der Waals surface area contributed by atoms with Crippen LogP contribution in [0.1, 0.15) is 13.8 Å². The number of nitro groups is 1. The number of methoxy groups -OCH3 is 1. The van der Waals surface area contributed by atoms with Crippen LogP contribution >= 0.6 is 11.6 Å². The van der Waals surface area contributed by atoms with Crippen LogP contribution < -0.4 is 10.1 Å². The van der Waals surface area contributed by atoms with E-state index < -0.39 is 16.4 Å². The Labute approximate surface area is 127 Å². The third-order valence-electron chi connectivity index (χ3n) is 2.85. The molecule has 0 bridgehead atoms. The molecule has 0 saturated carbocycles. The van der Waals surface area contributed by atoms with E-state index in [0.717, 1.165) is 0 Å². The average Bonchev–Trinajstić information content (AvgIpc) is 2.45. The minimum atomic E-state index is -1.03. The first kappa shape index (κ1) is 17.2. The topological polar surface area (TPSA) is 90.7 Å². The highest BCUT2D eigenvalue weighted by Gasteiger charge is 2.34. The van der Waals surface area contributed by atoms with Crippen molar-refractivity contribution in [2.75, 3.05) is 20.3 Å². The Kier molecular flexibility index (Phi) is 5.92. The summed E-state index contributed by atoms with van der Waals surface area (Å²) in [5, 5.41) is 13.7. The van der Waals surface area contributed by atoms with Crippen molar-refractivity contribution in [3.05, 3.63) is 33.3 Å². The zero-order valence-electron chi connectivity index (χ0n) is 12.0. The molecule has 0 aliphatic heterocycles. The number of ether oxygens (including phenoxy) is 2. The number of nitro benzene ring substituents is 1. The van der Waals surface area contributed by atoms with Crippen LogP contribution in [0.2, 0.25) is 5.02 Å². The first-order valence-electron chi connectivity index (χ1n) is 6.24. The van der Waals surface area contributed by atoms with E-state index in [1.165, 1.54) is 25.3 Å². The normalized spacial score (nSPS) is 13.3. The number of halogens is 1. The maximum absolute atomic E-state index is 11.8. The highest BCUT2D eigenvalue weighted by Crippen LogP contribution is 2.29. The van der Waals surface area contributed by atoms with Crippen molar-refractivity contribution in [3.8, 4) is 5.75 Å². The molecule has 116 valence electrons. The van der Waals surface area contributed by atoms with Gasteiger partial charge in [0.25, 0.3) is 5.69 Å². The summed E-state index contributed by atoms with van der Waals surface area (Å²) in [7, 11) is 1.29. The van der Waals surface area contributed by atoms with E-state index in [-0.39, 0.29) is 23.1 Å². The zero-order chi connectivity index (χ0) is 16.0. The molecular weight excluding hydrogens is 300 g/mol. The predicted molar refractivity (Wildman–Crippen MR) is 77.7 cm³/mol. The Morgan fingerprint density at radius 1 is 1.52 bits per heavy atom. The van der Waals surface area contributed by atoms with E-state index in [9.17, 15) is 14.9 Å². The monoisotopic (exact) mass is 316 g/mol. The van der Waals surface area contributed by atoms with E-state index >= 15 is 0 Å². The number of likely N-dealkylation sites (N-methyl/N-ethyl adjacent to an activating group) is 1. The highest BCUT2D eigenvalue weighted by molar-refractivity contribution is 6.32. The van der Waals surface area contributed by atoms with Crippen LogP contribution in [0.3, 0.4) is 0 Å². The van der Waals surface area contributed by atoms with Gasteiger partial charge in [-0.2, -0.15) is 0 Å². The fourth-order valence-electron chi connectivity index (χ4n) is 1.74. The lowest BCUT2D eigenvalue weighted by atomic mass is 10.0. The van der Waals surface area contributed by atoms with E-state index in [2.05, 4.69) is 5.32 Å². The van der Waals surface area contributed by atoms with Crippen molar-refractivity contribution in [3.63, 3.8) is 0 Å². The van der Waals surface area contributed by atoms with Gasteiger partial charge in [-0.1, -0.05) is 18.5 Å². The minimum Gasteiger partial charge on any atom is -0.489 e. The van der Waals surface area contributed by atoms with Crippen molar-refractivity contribution in [1.82, 2.24) is 5.32 Å². The molecule has 0 aromatic heterocycles. The Balaban J connectivity index is 2.86. The molecule has 0 aliphatic carbocycles. The van der Waals surface area contributed by atoms with Crippen molar-refractivity contribution in [2.45, 2.75) is 19.4 Å². The Hall–Kier alpha value is -1.86. The van der Waals surface area contributed by atoms with Gasteiger partial charge in [0, 0.05) is 12.1 Å². The molecule has 1 aromatic carbocycles. The SMILES string of the molecule is CCNC(C)(COc1ccc([N+](=O)[O-])cc1Cl)C(=O)OC. The molecule has 1 N–H and O–H groups in total. The second kappa shape index (κ2) is 7.24. The largest absolute Gasteiger partial charge is 0.489 e. The molecular formula is C13H17ClN2O5. The second-order valence-electron chi connectivity index (χ2n) is 4.51. The molecule has 7 nitrogen and oxygen atoms in total. The molecule has 1 atom stereocenters. The summed E-state index contributed by atoms with van der Waals surface area (Å²) in [5.74, 6) is -0.210. The standard InChI is InChI=1S/C13H17ClN2O5/c1-4-15-13(2,12(17)20-3)8-21-11-6-5-9(16(18)19)7-10(11)14/h5-7,15H,4,8H2,1-3H3. The summed E-state index contributed by atoms with van der Waals surface area (Å²) in [4.78, 5) is 21.9. The van der Waals surface area contributed by atoms with E-state index in [1.807, 2.05) is 6.92 Å². The van der Waals surface area contributed by atoms with Crippen LogP contribution in [0, 0.1) is 10.1 Å². The van der Waals surface area contributed by atoms with E-state index in [1.54, 1.807) is 6.92 Å². The van der Waals surface area contributed by atoms with Crippen LogP contribution in [-0.2, 0) is 9.53 Å². The molecule has 1 unspecified atom stereocenters. The number of nitrogens with zero attached hydrogens (tertiary/aromatic N) is 1. The van der Waals surface area contributed by atoms with Gasteiger partial charge in [-0.05, 0) is 19.5 Å². The van der Waals surface area contributed by atoms with Gasteiger partial charge in [0.1, 0.15) is 17.9 Å². The van der Waals surface area contributed by atoms with Gasteiger partial charge in [0.05, 0.1) is 17.1 Å². The van der Waals surface area contributed by atoms with Crippen LogP contribution in [0.15, 0.2) is 18.2 Å². The molecule has 8 heteroatoms.